The molecular formula is C14H25NO. The summed E-state index contributed by atoms with van der Waals surface area (Å²) in [6, 6.07) is 0. The van der Waals surface area contributed by atoms with E-state index in [0.29, 0.717) is 12.3 Å². The van der Waals surface area contributed by atoms with Crippen molar-refractivity contribution in [2.45, 2.75) is 39.5 Å². The molecule has 0 saturated carbocycles. The Kier molecular flexibility index (Phi) is 7.61. The van der Waals surface area contributed by atoms with Gasteiger partial charge in [-0.05, 0) is 19.3 Å². The van der Waals surface area contributed by atoms with Gasteiger partial charge in [0, 0.05) is 18.7 Å². The molecule has 0 rings (SSSR count). The maximum Gasteiger partial charge on any atom is 0.154 e. The maximum absolute atomic E-state index is 11.8. The van der Waals surface area contributed by atoms with Crippen LogP contribution in [0.15, 0.2) is 24.9 Å². The van der Waals surface area contributed by atoms with E-state index in [9.17, 15) is 4.79 Å². The quantitative estimate of drug-likeness (QED) is 0.558. The zero-order valence-electron chi connectivity index (χ0n) is 11.0. The standard InChI is InChI=1S/C14H25NO/c1-6-8-10-13(4)15(5)11-14(16)12(3)9-7-2/h6,12H,1,4,7-11H2,2-3,5H3. The Bertz CT molecular complexity index is 245. The summed E-state index contributed by atoms with van der Waals surface area (Å²) >= 11 is 0. The molecule has 0 spiro atoms. The molecule has 0 aliphatic heterocycles. The van der Waals surface area contributed by atoms with E-state index in [1.54, 1.807) is 0 Å². The number of nitrogens with zero attached hydrogens (tertiary/aromatic N) is 1. The third-order valence-corrected chi connectivity index (χ3v) is 2.84. The van der Waals surface area contributed by atoms with Crippen LogP contribution in [0.5, 0.6) is 0 Å². The van der Waals surface area contributed by atoms with Crippen LogP contribution < -0.4 is 0 Å². The van der Waals surface area contributed by atoms with E-state index in [-0.39, 0.29) is 5.92 Å². The predicted molar refractivity (Wildman–Crippen MR) is 70.3 cm³/mol. The van der Waals surface area contributed by atoms with Gasteiger partial charge < -0.3 is 4.90 Å². The van der Waals surface area contributed by atoms with Crippen molar-refractivity contribution in [2.75, 3.05) is 13.6 Å². The van der Waals surface area contributed by atoms with Crippen molar-refractivity contribution in [2.24, 2.45) is 5.92 Å². The Morgan fingerprint density at radius 3 is 2.62 bits per heavy atom. The molecule has 1 unspecified atom stereocenters. The fourth-order valence-electron chi connectivity index (χ4n) is 1.55. The zero-order chi connectivity index (χ0) is 12.6. The summed E-state index contributed by atoms with van der Waals surface area (Å²) in [4.78, 5) is 13.8. The van der Waals surface area contributed by atoms with Crippen LogP contribution >= 0.6 is 0 Å². The molecule has 0 radical (unpaired) electrons. The molecule has 0 saturated heterocycles. The van der Waals surface area contributed by atoms with Crippen LogP contribution in [0.25, 0.3) is 0 Å². The van der Waals surface area contributed by atoms with Gasteiger partial charge in [-0.2, -0.15) is 0 Å². The second-order valence-electron chi connectivity index (χ2n) is 4.41. The van der Waals surface area contributed by atoms with E-state index < -0.39 is 0 Å². The summed E-state index contributed by atoms with van der Waals surface area (Å²) in [6.07, 6.45) is 5.72. The smallest absolute Gasteiger partial charge is 0.154 e. The average molecular weight is 223 g/mol. The molecular weight excluding hydrogens is 198 g/mol. The lowest BCUT2D eigenvalue weighted by atomic mass is 10.0. The molecule has 0 fully saturated rings. The highest BCUT2D eigenvalue weighted by molar-refractivity contribution is 5.82. The van der Waals surface area contributed by atoms with Crippen LogP contribution in [-0.2, 0) is 4.79 Å². The van der Waals surface area contributed by atoms with Gasteiger partial charge in [0.05, 0.1) is 6.54 Å². The number of likely N-dealkylation sites (N-methyl/N-ethyl adjacent to an activating group) is 1. The minimum Gasteiger partial charge on any atom is -0.371 e. The SMILES string of the molecule is C=CCCC(=C)N(C)CC(=O)C(C)CCC. The number of Topliss-reactive ketones (excluding diaryl/α,β-unsaturated/α-hetero) is 1. The first-order valence-corrected chi connectivity index (χ1v) is 6.05. The minimum atomic E-state index is 0.166. The molecule has 0 N–H and O–H groups in total. The van der Waals surface area contributed by atoms with Gasteiger partial charge in [-0.25, -0.2) is 0 Å². The highest BCUT2D eigenvalue weighted by Gasteiger charge is 2.14. The molecule has 0 aromatic carbocycles. The van der Waals surface area contributed by atoms with Gasteiger partial charge in [-0.3, -0.25) is 4.79 Å². The zero-order valence-corrected chi connectivity index (χ0v) is 11.0. The first-order chi connectivity index (χ1) is 7.52. The highest BCUT2D eigenvalue weighted by atomic mass is 16.1. The van der Waals surface area contributed by atoms with E-state index in [1.807, 2.05) is 24.9 Å². The van der Waals surface area contributed by atoms with Crippen LogP contribution in [0, 0.1) is 5.92 Å². The molecule has 0 aromatic heterocycles. The first-order valence-electron chi connectivity index (χ1n) is 6.05. The minimum absolute atomic E-state index is 0.166. The molecule has 0 aliphatic carbocycles. The van der Waals surface area contributed by atoms with E-state index in [0.717, 1.165) is 31.4 Å². The Morgan fingerprint density at radius 1 is 1.50 bits per heavy atom. The Balaban J connectivity index is 4.02. The molecule has 16 heavy (non-hydrogen) atoms. The Labute approximate surface area is 100 Å². The average Bonchev–Trinajstić information content (AvgIpc) is 2.25. The van der Waals surface area contributed by atoms with E-state index in [2.05, 4.69) is 20.1 Å². The molecule has 0 heterocycles. The van der Waals surface area contributed by atoms with Gasteiger partial charge >= 0.3 is 0 Å². The molecule has 2 nitrogen and oxygen atoms in total. The van der Waals surface area contributed by atoms with Crippen LogP contribution in [0.1, 0.15) is 39.5 Å². The monoisotopic (exact) mass is 223 g/mol. The molecule has 0 aromatic rings. The van der Waals surface area contributed by atoms with Crippen molar-refractivity contribution < 1.29 is 4.79 Å². The third kappa shape index (κ3) is 5.74. The Hall–Kier alpha value is -1.05. The number of allylic oxidation sites excluding steroid dienone is 2. The second kappa shape index (κ2) is 8.14. The summed E-state index contributed by atoms with van der Waals surface area (Å²) < 4.78 is 0. The number of ketones is 1. The topological polar surface area (TPSA) is 20.3 Å². The summed E-state index contributed by atoms with van der Waals surface area (Å²) in [6.45, 7) is 12.3. The van der Waals surface area contributed by atoms with Crippen molar-refractivity contribution >= 4 is 5.78 Å². The van der Waals surface area contributed by atoms with E-state index in [1.165, 1.54) is 0 Å². The number of carbonyl (C=O) groups is 1. The largest absolute Gasteiger partial charge is 0.371 e. The number of rotatable bonds is 9. The number of hydrogen-bond donors (Lipinski definition) is 0. The first kappa shape index (κ1) is 14.9. The third-order valence-electron chi connectivity index (χ3n) is 2.84. The van der Waals surface area contributed by atoms with Crippen LogP contribution in [0.3, 0.4) is 0 Å². The Morgan fingerprint density at radius 2 is 2.12 bits per heavy atom. The van der Waals surface area contributed by atoms with Gasteiger partial charge in [-0.1, -0.05) is 32.9 Å². The van der Waals surface area contributed by atoms with Crippen molar-refractivity contribution in [3.8, 4) is 0 Å². The number of hydrogen-bond acceptors (Lipinski definition) is 2. The van der Waals surface area contributed by atoms with Crippen molar-refractivity contribution in [3.05, 3.63) is 24.9 Å². The van der Waals surface area contributed by atoms with E-state index in [4.69, 9.17) is 0 Å². The highest BCUT2D eigenvalue weighted by Crippen LogP contribution is 2.11. The molecule has 0 bridgehead atoms. The molecule has 2 heteroatoms. The summed E-state index contributed by atoms with van der Waals surface area (Å²) in [5, 5.41) is 0. The second-order valence-corrected chi connectivity index (χ2v) is 4.41. The van der Waals surface area contributed by atoms with Gasteiger partial charge in [0.15, 0.2) is 5.78 Å². The fraction of sp³-hybridized carbons (Fsp3) is 0.643. The molecule has 92 valence electrons. The van der Waals surface area contributed by atoms with Gasteiger partial charge in [0.2, 0.25) is 0 Å². The van der Waals surface area contributed by atoms with Crippen LogP contribution in [0.4, 0.5) is 0 Å². The predicted octanol–water partition coefficient (Wildman–Crippen LogP) is 3.40. The summed E-state index contributed by atoms with van der Waals surface area (Å²) in [7, 11) is 1.93. The van der Waals surface area contributed by atoms with Gasteiger partial charge in [0.25, 0.3) is 0 Å². The van der Waals surface area contributed by atoms with Crippen LogP contribution in [-0.4, -0.2) is 24.3 Å². The molecule has 1 atom stereocenters. The normalized spacial score (nSPS) is 11.9. The lowest BCUT2D eigenvalue weighted by molar-refractivity contribution is -0.123. The molecule has 0 aliphatic rings. The maximum atomic E-state index is 11.8. The molecule has 0 amide bonds. The van der Waals surface area contributed by atoms with Crippen molar-refractivity contribution in [1.82, 2.24) is 4.90 Å². The van der Waals surface area contributed by atoms with Crippen molar-refractivity contribution in [1.29, 1.82) is 0 Å². The van der Waals surface area contributed by atoms with Crippen LogP contribution in [0.2, 0.25) is 0 Å². The van der Waals surface area contributed by atoms with Gasteiger partial charge in [-0.15, -0.1) is 6.58 Å². The van der Waals surface area contributed by atoms with E-state index >= 15 is 0 Å². The van der Waals surface area contributed by atoms with Gasteiger partial charge in [0.1, 0.15) is 0 Å². The lowest BCUT2D eigenvalue weighted by Gasteiger charge is -2.22. The number of carbonyl (C=O) groups excluding carboxylic acids is 1. The van der Waals surface area contributed by atoms with Crippen molar-refractivity contribution in [3.63, 3.8) is 0 Å². The summed E-state index contributed by atoms with van der Waals surface area (Å²) in [5.74, 6) is 0.476. The lowest BCUT2D eigenvalue weighted by Crippen LogP contribution is -2.28. The summed E-state index contributed by atoms with van der Waals surface area (Å²) in [5.41, 5.74) is 1.01. The fourth-order valence-corrected chi connectivity index (χ4v) is 1.55.